The monoisotopic (exact) mass is 296 g/mol. The van der Waals surface area contributed by atoms with Crippen molar-refractivity contribution in [2.75, 3.05) is 0 Å². The fourth-order valence-electron chi connectivity index (χ4n) is 2.22. The highest BCUT2D eigenvalue weighted by Gasteiger charge is 2.23. The van der Waals surface area contributed by atoms with Gasteiger partial charge in [-0.05, 0) is 42.3 Å². The van der Waals surface area contributed by atoms with E-state index in [0.717, 1.165) is 0 Å². The molecule has 1 unspecified atom stereocenters. The number of aliphatic hydroxyl groups is 1. The van der Waals surface area contributed by atoms with Gasteiger partial charge in [0.05, 0.1) is 5.60 Å². The van der Waals surface area contributed by atoms with E-state index in [1.807, 2.05) is 0 Å². The molecule has 0 fully saturated rings. The van der Waals surface area contributed by atoms with E-state index in [1.54, 1.807) is 25.1 Å². The molecule has 0 aliphatic carbocycles. The molecule has 0 amide bonds. The lowest BCUT2D eigenvalue weighted by molar-refractivity contribution is 0.0608. The Kier molecular flexibility index (Phi) is 4.41. The summed E-state index contributed by atoms with van der Waals surface area (Å²) in [4.78, 5) is 0. The van der Waals surface area contributed by atoms with Crippen LogP contribution in [0, 0.1) is 11.6 Å². The van der Waals surface area contributed by atoms with E-state index in [1.165, 1.54) is 24.3 Å². The Labute approximate surface area is 121 Å². The minimum atomic E-state index is -1.09. The van der Waals surface area contributed by atoms with Crippen molar-refractivity contribution >= 4 is 11.6 Å². The first kappa shape index (κ1) is 14.9. The first-order valence-electron chi connectivity index (χ1n) is 6.26. The van der Waals surface area contributed by atoms with E-state index in [4.69, 9.17) is 11.6 Å². The minimum absolute atomic E-state index is 0.266. The number of hydrogen-bond donors (Lipinski definition) is 1. The third-order valence-electron chi connectivity index (χ3n) is 3.06. The summed E-state index contributed by atoms with van der Waals surface area (Å²) in [6.45, 7) is 1.65. The molecule has 0 saturated carbocycles. The quantitative estimate of drug-likeness (QED) is 0.898. The van der Waals surface area contributed by atoms with Gasteiger partial charge in [0, 0.05) is 17.9 Å². The largest absolute Gasteiger partial charge is 0.389 e. The van der Waals surface area contributed by atoms with Crippen molar-refractivity contribution in [3.8, 4) is 0 Å². The highest BCUT2D eigenvalue weighted by molar-refractivity contribution is 6.31. The zero-order valence-corrected chi connectivity index (χ0v) is 11.8. The molecule has 0 aliphatic heterocycles. The third kappa shape index (κ3) is 4.02. The zero-order chi connectivity index (χ0) is 14.8. The molecule has 0 bridgehead atoms. The van der Waals surface area contributed by atoms with Crippen molar-refractivity contribution in [1.82, 2.24) is 0 Å². The summed E-state index contributed by atoms with van der Waals surface area (Å²) in [5, 5.41) is 10.7. The van der Waals surface area contributed by atoms with Crippen molar-refractivity contribution in [2.45, 2.75) is 25.4 Å². The highest BCUT2D eigenvalue weighted by atomic mass is 35.5. The van der Waals surface area contributed by atoms with Gasteiger partial charge in [-0.25, -0.2) is 8.78 Å². The summed E-state index contributed by atoms with van der Waals surface area (Å²) >= 11 is 5.95. The standard InChI is InChI=1S/C16H15ClF2O/c1-16(20,9-11-3-2-4-13(18)7-11)10-12-5-6-14(19)8-15(12)17/h2-8,20H,9-10H2,1H3. The van der Waals surface area contributed by atoms with Gasteiger partial charge in [-0.2, -0.15) is 0 Å². The van der Waals surface area contributed by atoms with Gasteiger partial charge in [-0.3, -0.25) is 0 Å². The van der Waals surface area contributed by atoms with Crippen LogP contribution >= 0.6 is 11.6 Å². The van der Waals surface area contributed by atoms with Crippen LogP contribution in [0.15, 0.2) is 42.5 Å². The number of halogens is 3. The Balaban J connectivity index is 2.14. The highest BCUT2D eigenvalue weighted by Crippen LogP contribution is 2.24. The summed E-state index contributed by atoms with van der Waals surface area (Å²) in [5.41, 5.74) is 0.276. The van der Waals surface area contributed by atoms with Crippen LogP contribution in [0.2, 0.25) is 5.02 Å². The van der Waals surface area contributed by atoms with Gasteiger partial charge in [-0.1, -0.05) is 29.8 Å². The van der Waals surface area contributed by atoms with Gasteiger partial charge in [-0.15, -0.1) is 0 Å². The molecule has 0 aromatic heterocycles. The molecule has 1 atom stereocenters. The SMILES string of the molecule is CC(O)(Cc1cccc(F)c1)Cc1ccc(F)cc1Cl. The maximum Gasteiger partial charge on any atom is 0.124 e. The first-order valence-corrected chi connectivity index (χ1v) is 6.64. The van der Waals surface area contributed by atoms with Crippen LogP contribution in [0.1, 0.15) is 18.1 Å². The molecule has 106 valence electrons. The smallest absolute Gasteiger partial charge is 0.124 e. The fourth-order valence-corrected chi connectivity index (χ4v) is 2.46. The number of hydrogen-bond acceptors (Lipinski definition) is 1. The lowest BCUT2D eigenvalue weighted by Crippen LogP contribution is -2.30. The Morgan fingerprint density at radius 2 is 1.75 bits per heavy atom. The number of benzene rings is 2. The van der Waals surface area contributed by atoms with Gasteiger partial charge in [0.2, 0.25) is 0 Å². The van der Waals surface area contributed by atoms with Crippen LogP contribution in [0.4, 0.5) is 8.78 Å². The van der Waals surface area contributed by atoms with Crippen LogP contribution in [0.25, 0.3) is 0 Å². The molecule has 2 rings (SSSR count). The Bertz CT molecular complexity index is 611. The average Bonchev–Trinajstić information content (AvgIpc) is 2.32. The van der Waals surface area contributed by atoms with Gasteiger partial charge in [0.25, 0.3) is 0 Å². The van der Waals surface area contributed by atoms with Crippen molar-refractivity contribution < 1.29 is 13.9 Å². The maximum absolute atomic E-state index is 13.1. The number of rotatable bonds is 4. The van der Waals surface area contributed by atoms with Crippen LogP contribution < -0.4 is 0 Å². The van der Waals surface area contributed by atoms with Gasteiger partial charge in [0.1, 0.15) is 11.6 Å². The molecule has 0 aliphatic rings. The van der Waals surface area contributed by atoms with Gasteiger partial charge in [0.15, 0.2) is 0 Å². The molecule has 1 N–H and O–H groups in total. The van der Waals surface area contributed by atoms with E-state index < -0.39 is 11.4 Å². The Morgan fingerprint density at radius 1 is 1.05 bits per heavy atom. The van der Waals surface area contributed by atoms with E-state index in [2.05, 4.69) is 0 Å². The van der Waals surface area contributed by atoms with Crippen molar-refractivity contribution in [2.24, 2.45) is 0 Å². The maximum atomic E-state index is 13.1. The van der Waals surface area contributed by atoms with Crippen LogP contribution in [-0.4, -0.2) is 10.7 Å². The average molecular weight is 297 g/mol. The summed E-state index contributed by atoms with van der Waals surface area (Å²) in [5.74, 6) is -0.748. The molecular formula is C16H15ClF2O. The van der Waals surface area contributed by atoms with E-state index in [9.17, 15) is 13.9 Å². The second-order valence-corrected chi connectivity index (χ2v) is 5.62. The lowest BCUT2D eigenvalue weighted by Gasteiger charge is -2.24. The molecular weight excluding hydrogens is 282 g/mol. The second-order valence-electron chi connectivity index (χ2n) is 5.22. The lowest BCUT2D eigenvalue weighted by atomic mass is 9.90. The Hall–Kier alpha value is -1.45. The molecule has 0 saturated heterocycles. The molecule has 4 heteroatoms. The zero-order valence-electron chi connectivity index (χ0n) is 11.0. The molecule has 2 aromatic rings. The van der Waals surface area contributed by atoms with Crippen LogP contribution in [0.5, 0.6) is 0 Å². The molecule has 0 spiro atoms. The fraction of sp³-hybridized carbons (Fsp3) is 0.250. The van der Waals surface area contributed by atoms with Crippen LogP contribution in [-0.2, 0) is 12.8 Å². The molecule has 1 nitrogen and oxygen atoms in total. The molecule has 0 radical (unpaired) electrons. The van der Waals surface area contributed by atoms with E-state index in [0.29, 0.717) is 17.5 Å². The van der Waals surface area contributed by atoms with Gasteiger partial charge >= 0.3 is 0 Å². The topological polar surface area (TPSA) is 20.2 Å². The first-order chi connectivity index (χ1) is 9.35. The predicted molar refractivity (Wildman–Crippen MR) is 75.8 cm³/mol. The normalized spacial score (nSPS) is 14.1. The molecule has 20 heavy (non-hydrogen) atoms. The minimum Gasteiger partial charge on any atom is -0.389 e. The third-order valence-corrected chi connectivity index (χ3v) is 3.41. The van der Waals surface area contributed by atoms with Crippen molar-refractivity contribution in [3.05, 3.63) is 70.2 Å². The van der Waals surface area contributed by atoms with Crippen molar-refractivity contribution in [1.29, 1.82) is 0 Å². The summed E-state index contributed by atoms with van der Waals surface area (Å²) in [6.07, 6.45) is 0.557. The van der Waals surface area contributed by atoms with Gasteiger partial charge < -0.3 is 5.11 Å². The van der Waals surface area contributed by atoms with E-state index in [-0.39, 0.29) is 17.3 Å². The second kappa shape index (κ2) is 5.90. The van der Waals surface area contributed by atoms with Crippen molar-refractivity contribution in [3.63, 3.8) is 0 Å². The summed E-state index contributed by atoms with van der Waals surface area (Å²) in [7, 11) is 0. The van der Waals surface area contributed by atoms with E-state index >= 15 is 0 Å². The molecule has 2 aromatic carbocycles. The molecule has 0 heterocycles. The van der Waals surface area contributed by atoms with Crippen LogP contribution in [0.3, 0.4) is 0 Å². The summed E-state index contributed by atoms with van der Waals surface area (Å²) in [6, 6.07) is 10.2. The summed E-state index contributed by atoms with van der Waals surface area (Å²) < 4.78 is 26.1. The predicted octanol–water partition coefficient (Wildman–Crippen LogP) is 4.15. The Morgan fingerprint density at radius 3 is 2.40 bits per heavy atom.